The molecule has 0 saturated heterocycles. The van der Waals surface area contributed by atoms with Gasteiger partial charge in [0, 0.05) is 17.7 Å². The minimum atomic E-state index is -3.36. The van der Waals surface area contributed by atoms with Crippen molar-refractivity contribution in [3.8, 4) is 23.4 Å². The molecule has 0 amide bonds. The molecule has 0 aliphatic heterocycles. The zero-order valence-corrected chi connectivity index (χ0v) is 21.7. The Balaban J connectivity index is 1.80. The van der Waals surface area contributed by atoms with Crippen molar-refractivity contribution in [1.82, 2.24) is 14.7 Å². The van der Waals surface area contributed by atoms with Crippen LogP contribution in [-0.2, 0) is 22.0 Å². The molecule has 1 aromatic heterocycles. The van der Waals surface area contributed by atoms with E-state index in [2.05, 4.69) is 20.8 Å². The van der Waals surface area contributed by atoms with Crippen LogP contribution >= 0.6 is 23.2 Å². The summed E-state index contributed by atoms with van der Waals surface area (Å²) in [5.41, 5.74) is 1.69. The Labute approximate surface area is 214 Å². The number of ether oxygens (including phenoxy) is 2. The second-order valence-electron chi connectivity index (χ2n) is 8.14. The van der Waals surface area contributed by atoms with Gasteiger partial charge >= 0.3 is 0 Å². The summed E-state index contributed by atoms with van der Waals surface area (Å²) in [7, 11) is -3.36. The molecule has 3 rings (SSSR count). The fourth-order valence-electron chi connectivity index (χ4n) is 3.27. The Morgan fingerprint density at radius 1 is 1.14 bits per heavy atom. The van der Waals surface area contributed by atoms with E-state index in [0.717, 1.165) is 17.4 Å². The fraction of sp³-hybridized carbons (Fsp3) is 0.292. The van der Waals surface area contributed by atoms with Gasteiger partial charge in [-0.1, -0.05) is 37.6 Å². The summed E-state index contributed by atoms with van der Waals surface area (Å²) < 4.78 is 36.3. The molecule has 0 bridgehead atoms. The minimum Gasteiger partial charge on any atom is -0.489 e. The summed E-state index contributed by atoms with van der Waals surface area (Å²) in [6.45, 7) is 4.27. The van der Waals surface area contributed by atoms with Crippen LogP contribution in [0, 0.1) is 11.3 Å². The monoisotopic (exact) mass is 534 g/mol. The third-order valence-corrected chi connectivity index (χ3v) is 6.28. The number of aromatic nitrogens is 2. The third-order valence-electron chi connectivity index (χ3n) is 5.18. The summed E-state index contributed by atoms with van der Waals surface area (Å²) in [4.78, 5) is 8.26. The molecule has 35 heavy (non-hydrogen) atoms. The van der Waals surface area contributed by atoms with E-state index in [0.29, 0.717) is 22.1 Å². The second-order valence-corrected chi connectivity index (χ2v) is 10.8. The number of benzene rings is 2. The molecule has 0 fully saturated rings. The van der Waals surface area contributed by atoms with Gasteiger partial charge in [-0.3, -0.25) is 0 Å². The topological polar surface area (TPSA) is 114 Å². The van der Waals surface area contributed by atoms with Crippen molar-refractivity contribution in [3.05, 3.63) is 76.2 Å². The van der Waals surface area contributed by atoms with Crippen LogP contribution in [0.2, 0.25) is 5.02 Å². The zero-order chi connectivity index (χ0) is 25.6. The maximum absolute atomic E-state index is 11.3. The van der Waals surface area contributed by atoms with Crippen molar-refractivity contribution >= 4 is 33.2 Å². The average Bonchev–Trinajstić information content (AvgIpc) is 2.81. The number of sulfonamides is 1. The van der Waals surface area contributed by atoms with Gasteiger partial charge in [0.05, 0.1) is 29.3 Å². The minimum absolute atomic E-state index is 0.0356. The molecule has 0 saturated carbocycles. The van der Waals surface area contributed by atoms with Crippen LogP contribution < -0.4 is 14.2 Å². The van der Waals surface area contributed by atoms with Gasteiger partial charge in [-0.05, 0) is 35.4 Å². The number of hydrogen-bond acceptors (Lipinski definition) is 7. The van der Waals surface area contributed by atoms with E-state index in [1.54, 1.807) is 30.3 Å². The number of nitrogens with zero attached hydrogens (tertiary/aromatic N) is 3. The van der Waals surface area contributed by atoms with Crippen LogP contribution in [0.5, 0.6) is 17.4 Å². The van der Waals surface area contributed by atoms with Crippen molar-refractivity contribution in [3.63, 3.8) is 0 Å². The first-order valence-electron chi connectivity index (χ1n) is 10.5. The highest BCUT2D eigenvalue weighted by molar-refractivity contribution is 7.88. The van der Waals surface area contributed by atoms with E-state index in [1.165, 1.54) is 6.20 Å². The smallest absolute Gasteiger partial charge is 0.222 e. The lowest BCUT2D eigenvalue weighted by molar-refractivity contribution is 0.341. The molecule has 0 spiro atoms. The van der Waals surface area contributed by atoms with Gasteiger partial charge in [0.25, 0.3) is 0 Å². The van der Waals surface area contributed by atoms with Crippen molar-refractivity contribution in [1.29, 1.82) is 5.26 Å². The highest BCUT2D eigenvalue weighted by Gasteiger charge is 2.26. The van der Waals surface area contributed by atoms with E-state index in [4.69, 9.17) is 32.7 Å². The van der Waals surface area contributed by atoms with Gasteiger partial charge in [-0.25, -0.2) is 18.1 Å². The highest BCUT2D eigenvalue weighted by atomic mass is 35.5. The van der Waals surface area contributed by atoms with Crippen molar-refractivity contribution in [2.75, 3.05) is 18.7 Å². The molecule has 11 heteroatoms. The largest absolute Gasteiger partial charge is 0.489 e. The number of rotatable bonds is 10. The Morgan fingerprint density at radius 3 is 2.49 bits per heavy atom. The molecular weight excluding hydrogens is 511 g/mol. The Hall–Kier alpha value is -2.90. The molecule has 184 valence electrons. The number of nitrogens with one attached hydrogen (secondary N) is 1. The second kappa shape index (κ2) is 11.2. The third kappa shape index (κ3) is 7.05. The molecule has 2 aromatic carbocycles. The molecule has 3 aromatic rings. The van der Waals surface area contributed by atoms with Crippen LogP contribution in [0.4, 0.5) is 0 Å². The molecule has 0 radical (unpaired) electrons. The summed E-state index contributed by atoms with van der Waals surface area (Å²) in [6.07, 6.45) is 2.56. The van der Waals surface area contributed by atoms with Gasteiger partial charge in [-0.2, -0.15) is 10.2 Å². The van der Waals surface area contributed by atoms with Gasteiger partial charge < -0.3 is 9.47 Å². The SMILES string of the molecule is CC(C)(c1ccc(Oc2ccnc(CNS(C)(=O)=O)n2)cc1)c1cc(Cl)c(OCCCl)c(C#N)c1. The van der Waals surface area contributed by atoms with Crippen molar-refractivity contribution < 1.29 is 17.9 Å². The summed E-state index contributed by atoms with van der Waals surface area (Å²) in [5.74, 6) is 1.74. The number of nitriles is 1. The lowest BCUT2D eigenvalue weighted by atomic mass is 9.77. The Kier molecular flexibility index (Phi) is 8.56. The first kappa shape index (κ1) is 26.7. The first-order valence-corrected chi connectivity index (χ1v) is 13.3. The molecule has 8 nitrogen and oxygen atoms in total. The van der Waals surface area contributed by atoms with Crippen LogP contribution in [-0.4, -0.2) is 37.1 Å². The van der Waals surface area contributed by atoms with Crippen LogP contribution in [0.25, 0.3) is 0 Å². The van der Waals surface area contributed by atoms with Gasteiger partial charge in [0.2, 0.25) is 15.9 Å². The van der Waals surface area contributed by atoms with E-state index < -0.39 is 15.4 Å². The molecule has 1 N–H and O–H groups in total. The Bertz CT molecular complexity index is 1340. The summed E-state index contributed by atoms with van der Waals surface area (Å²) >= 11 is 12.1. The van der Waals surface area contributed by atoms with E-state index >= 15 is 0 Å². The maximum Gasteiger partial charge on any atom is 0.222 e. The first-order chi connectivity index (χ1) is 16.5. The molecule has 0 aliphatic rings. The van der Waals surface area contributed by atoms with Gasteiger partial charge in [0.1, 0.15) is 24.3 Å². The molecule has 0 aliphatic carbocycles. The van der Waals surface area contributed by atoms with E-state index in [1.807, 2.05) is 26.0 Å². The quantitative estimate of drug-likeness (QED) is 0.372. The number of hydrogen-bond donors (Lipinski definition) is 1. The normalized spacial score (nSPS) is 11.7. The molecule has 1 heterocycles. The maximum atomic E-state index is 11.3. The van der Waals surface area contributed by atoms with Crippen LogP contribution in [0.15, 0.2) is 48.7 Å². The van der Waals surface area contributed by atoms with Crippen molar-refractivity contribution in [2.24, 2.45) is 0 Å². The van der Waals surface area contributed by atoms with E-state index in [9.17, 15) is 13.7 Å². The van der Waals surface area contributed by atoms with E-state index in [-0.39, 0.29) is 30.7 Å². The standard InChI is InChI=1S/C24H24Cl2N4O4S/c1-24(2,18-12-16(14-27)23(20(26)13-18)33-11-9-25)17-4-6-19(7-5-17)34-22-8-10-28-21(30-22)15-29-35(3,31)32/h4-8,10,12-13,29H,9,11,15H2,1-3H3. The number of halogens is 2. The Morgan fingerprint density at radius 2 is 1.86 bits per heavy atom. The fourth-order valence-corrected chi connectivity index (χ4v) is 4.01. The van der Waals surface area contributed by atoms with Crippen LogP contribution in [0.1, 0.15) is 36.4 Å². The van der Waals surface area contributed by atoms with Gasteiger partial charge in [0.15, 0.2) is 5.75 Å². The summed E-state index contributed by atoms with van der Waals surface area (Å²) in [5, 5.41) is 9.94. The lowest BCUT2D eigenvalue weighted by Crippen LogP contribution is -2.22. The highest BCUT2D eigenvalue weighted by Crippen LogP contribution is 2.38. The van der Waals surface area contributed by atoms with Crippen LogP contribution in [0.3, 0.4) is 0 Å². The molecule has 0 unspecified atom stereocenters. The molecular formula is C24H24Cl2N4O4S. The number of alkyl halides is 1. The van der Waals surface area contributed by atoms with Gasteiger partial charge in [-0.15, -0.1) is 11.6 Å². The lowest BCUT2D eigenvalue weighted by Gasteiger charge is -2.27. The predicted molar refractivity (Wildman–Crippen MR) is 135 cm³/mol. The summed E-state index contributed by atoms with van der Waals surface area (Å²) in [6, 6.07) is 14.7. The predicted octanol–water partition coefficient (Wildman–Crippen LogP) is 4.79. The zero-order valence-electron chi connectivity index (χ0n) is 19.4. The molecule has 0 atom stereocenters. The average molecular weight is 535 g/mol. The van der Waals surface area contributed by atoms with Crippen molar-refractivity contribution in [2.45, 2.75) is 25.8 Å².